The van der Waals surface area contributed by atoms with Crippen molar-refractivity contribution in [2.24, 2.45) is 0 Å². The minimum atomic E-state index is 0.253. The van der Waals surface area contributed by atoms with Gasteiger partial charge in [-0.3, -0.25) is 0 Å². The van der Waals surface area contributed by atoms with Crippen LogP contribution in [0, 0.1) is 0 Å². The van der Waals surface area contributed by atoms with Crippen molar-refractivity contribution in [2.75, 3.05) is 5.32 Å². The van der Waals surface area contributed by atoms with Gasteiger partial charge in [0.1, 0.15) is 17.3 Å². The Bertz CT molecular complexity index is 717. The summed E-state index contributed by atoms with van der Waals surface area (Å²) in [5.74, 6) is 1.91. The molecule has 0 fully saturated rings. The third-order valence-corrected chi connectivity index (χ3v) is 3.38. The zero-order valence-electron chi connectivity index (χ0n) is 11.2. The van der Waals surface area contributed by atoms with Crippen molar-refractivity contribution in [1.29, 1.82) is 0 Å². The van der Waals surface area contributed by atoms with Gasteiger partial charge in [0.2, 0.25) is 0 Å². The first kappa shape index (κ1) is 13.6. The van der Waals surface area contributed by atoms with Crippen molar-refractivity contribution in [2.45, 2.75) is 6.54 Å². The second kappa shape index (κ2) is 5.94. The largest absolute Gasteiger partial charge is 0.508 e. The van der Waals surface area contributed by atoms with Crippen LogP contribution in [-0.2, 0) is 6.54 Å². The molecule has 0 radical (unpaired) electrons. The number of halogens is 1. The molecule has 0 aliphatic carbocycles. The van der Waals surface area contributed by atoms with Gasteiger partial charge >= 0.3 is 0 Å². The van der Waals surface area contributed by atoms with Gasteiger partial charge in [-0.2, -0.15) is 0 Å². The average Bonchev–Trinajstić information content (AvgIpc) is 2.96. The zero-order valence-corrected chi connectivity index (χ0v) is 12.0. The first-order valence-electron chi connectivity index (χ1n) is 6.58. The molecule has 0 aliphatic rings. The van der Waals surface area contributed by atoms with E-state index >= 15 is 0 Å². The lowest BCUT2D eigenvalue weighted by molar-refractivity contribution is 0.475. The third-order valence-electron chi connectivity index (χ3n) is 3.12. The van der Waals surface area contributed by atoms with Gasteiger partial charge in [-0.25, -0.2) is 0 Å². The van der Waals surface area contributed by atoms with Crippen LogP contribution in [0.25, 0.3) is 11.3 Å². The predicted molar refractivity (Wildman–Crippen MR) is 84.6 cm³/mol. The van der Waals surface area contributed by atoms with Gasteiger partial charge < -0.3 is 14.8 Å². The number of phenolic OH excluding ortho intramolecular Hbond substituents is 1. The Morgan fingerprint density at radius 3 is 2.33 bits per heavy atom. The molecule has 3 nitrogen and oxygen atoms in total. The smallest absolute Gasteiger partial charge is 0.134 e. The molecule has 0 saturated heterocycles. The highest BCUT2D eigenvalue weighted by atomic mass is 35.5. The molecule has 3 rings (SSSR count). The summed E-state index contributed by atoms with van der Waals surface area (Å²) in [5.41, 5.74) is 1.92. The number of phenols is 1. The Hall–Kier alpha value is -2.39. The average molecular weight is 300 g/mol. The van der Waals surface area contributed by atoms with E-state index in [9.17, 15) is 5.11 Å². The fourth-order valence-corrected chi connectivity index (χ4v) is 2.14. The molecular weight excluding hydrogens is 286 g/mol. The number of hydrogen-bond acceptors (Lipinski definition) is 3. The number of anilines is 1. The molecule has 3 aromatic rings. The van der Waals surface area contributed by atoms with Gasteiger partial charge in [-0.15, -0.1) is 0 Å². The van der Waals surface area contributed by atoms with Crippen LogP contribution >= 0.6 is 11.6 Å². The first-order valence-corrected chi connectivity index (χ1v) is 6.96. The van der Waals surface area contributed by atoms with Crippen molar-refractivity contribution >= 4 is 17.3 Å². The molecule has 0 spiro atoms. The highest BCUT2D eigenvalue weighted by Gasteiger charge is 2.04. The van der Waals surface area contributed by atoms with Crippen LogP contribution in [0.15, 0.2) is 65.1 Å². The Morgan fingerprint density at radius 1 is 0.905 bits per heavy atom. The molecule has 2 aromatic carbocycles. The Morgan fingerprint density at radius 2 is 1.62 bits per heavy atom. The molecule has 0 amide bonds. The molecule has 0 unspecified atom stereocenters. The molecule has 0 aliphatic heterocycles. The third kappa shape index (κ3) is 3.38. The van der Waals surface area contributed by atoms with E-state index in [0.717, 1.165) is 22.8 Å². The predicted octanol–water partition coefficient (Wildman–Crippen LogP) is 4.92. The quantitative estimate of drug-likeness (QED) is 0.672. The van der Waals surface area contributed by atoms with E-state index in [4.69, 9.17) is 16.0 Å². The summed E-state index contributed by atoms with van der Waals surface area (Å²) in [7, 11) is 0. The van der Waals surface area contributed by atoms with Crippen LogP contribution in [0.3, 0.4) is 0 Å². The summed E-state index contributed by atoms with van der Waals surface area (Å²) in [4.78, 5) is 0. The molecular formula is C17H14ClNO2. The van der Waals surface area contributed by atoms with E-state index in [-0.39, 0.29) is 5.75 Å². The van der Waals surface area contributed by atoms with E-state index in [1.807, 2.05) is 48.5 Å². The maximum atomic E-state index is 9.24. The van der Waals surface area contributed by atoms with Crippen molar-refractivity contribution in [1.82, 2.24) is 0 Å². The number of benzene rings is 2. The Balaban J connectivity index is 1.67. The molecule has 1 aromatic heterocycles. The monoisotopic (exact) mass is 299 g/mol. The lowest BCUT2D eigenvalue weighted by atomic mass is 10.2. The van der Waals surface area contributed by atoms with Gasteiger partial charge in [0.05, 0.1) is 6.54 Å². The van der Waals surface area contributed by atoms with Crippen LogP contribution in [0.1, 0.15) is 5.76 Å². The summed E-state index contributed by atoms with van der Waals surface area (Å²) in [5, 5.41) is 13.2. The van der Waals surface area contributed by atoms with Crippen molar-refractivity contribution in [3.63, 3.8) is 0 Å². The molecule has 0 saturated carbocycles. The van der Waals surface area contributed by atoms with E-state index in [0.29, 0.717) is 11.6 Å². The van der Waals surface area contributed by atoms with E-state index in [1.54, 1.807) is 12.1 Å². The second-order valence-electron chi connectivity index (χ2n) is 4.67. The van der Waals surface area contributed by atoms with Crippen LogP contribution in [0.5, 0.6) is 5.75 Å². The molecule has 21 heavy (non-hydrogen) atoms. The number of furan rings is 1. The lowest BCUT2D eigenvalue weighted by Gasteiger charge is -2.04. The second-order valence-corrected chi connectivity index (χ2v) is 5.11. The Kier molecular flexibility index (Phi) is 3.84. The van der Waals surface area contributed by atoms with Gasteiger partial charge in [0.15, 0.2) is 0 Å². The topological polar surface area (TPSA) is 45.4 Å². The van der Waals surface area contributed by atoms with E-state index in [2.05, 4.69) is 5.32 Å². The lowest BCUT2D eigenvalue weighted by Crippen LogP contribution is -1.97. The molecule has 0 bridgehead atoms. The standard InChI is InChI=1S/C17H14ClNO2/c18-13-3-1-12(2-4-13)17-10-9-16(21-17)11-19-14-5-7-15(20)8-6-14/h1-10,19-20H,11H2. The summed E-state index contributed by atoms with van der Waals surface area (Å²) < 4.78 is 5.80. The summed E-state index contributed by atoms with van der Waals surface area (Å²) in [6, 6.07) is 18.3. The van der Waals surface area contributed by atoms with E-state index in [1.165, 1.54) is 0 Å². The molecule has 4 heteroatoms. The van der Waals surface area contributed by atoms with Crippen LogP contribution in [-0.4, -0.2) is 5.11 Å². The molecule has 0 atom stereocenters. The minimum Gasteiger partial charge on any atom is -0.508 e. The SMILES string of the molecule is Oc1ccc(NCc2ccc(-c3ccc(Cl)cc3)o2)cc1. The number of aromatic hydroxyl groups is 1. The number of nitrogens with one attached hydrogen (secondary N) is 1. The Labute approximate surface area is 127 Å². The normalized spacial score (nSPS) is 10.5. The highest BCUT2D eigenvalue weighted by molar-refractivity contribution is 6.30. The van der Waals surface area contributed by atoms with Crippen molar-refractivity contribution in [3.8, 4) is 17.1 Å². The van der Waals surface area contributed by atoms with Gasteiger partial charge in [-0.1, -0.05) is 11.6 Å². The first-order chi connectivity index (χ1) is 10.2. The molecule has 2 N–H and O–H groups in total. The highest BCUT2D eigenvalue weighted by Crippen LogP contribution is 2.24. The number of hydrogen-bond donors (Lipinski definition) is 2. The van der Waals surface area contributed by atoms with Crippen molar-refractivity contribution < 1.29 is 9.52 Å². The fourth-order valence-electron chi connectivity index (χ4n) is 2.01. The minimum absolute atomic E-state index is 0.253. The molecule has 106 valence electrons. The summed E-state index contributed by atoms with van der Waals surface area (Å²) >= 11 is 5.87. The van der Waals surface area contributed by atoms with Crippen LogP contribution < -0.4 is 5.32 Å². The fraction of sp³-hybridized carbons (Fsp3) is 0.0588. The van der Waals surface area contributed by atoms with Crippen LogP contribution in [0.4, 0.5) is 5.69 Å². The van der Waals surface area contributed by atoms with Crippen LogP contribution in [0.2, 0.25) is 5.02 Å². The van der Waals surface area contributed by atoms with Gasteiger partial charge in [0, 0.05) is 16.3 Å². The zero-order chi connectivity index (χ0) is 14.7. The summed E-state index contributed by atoms with van der Waals surface area (Å²) in [6.45, 7) is 0.582. The van der Waals surface area contributed by atoms with Gasteiger partial charge in [0.25, 0.3) is 0 Å². The maximum Gasteiger partial charge on any atom is 0.134 e. The van der Waals surface area contributed by atoms with Gasteiger partial charge in [-0.05, 0) is 60.7 Å². The molecule has 1 heterocycles. The van der Waals surface area contributed by atoms with Crippen molar-refractivity contribution in [3.05, 3.63) is 71.4 Å². The maximum absolute atomic E-state index is 9.24. The summed E-state index contributed by atoms with van der Waals surface area (Å²) in [6.07, 6.45) is 0. The van der Waals surface area contributed by atoms with E-state index < -0.39 is 0 Å². The number of rotatable bonds is 4.